The molecular formula is C12H14BrCl2NO. The first-order chi connectivity index (χ1) is 7.95. The molecule has 0 aliphatic rings. The van der Waals surface area contributed by atoms with Gasteiger partial charge >= 0.3 is 0 Å². The van der Waals surface area contributed by atoms with Crippen LogP contribution in [0.15, 0.2) is 18.2 Å². The molecule has 1 rings (SSSR count). The Kier molecular flexibility index (Phi) is 5.77. The van der Waals surface area contributed by atoms with E-state index in [-0.39, 0.29) is 10.7 Å². The van der Waals surface area contributed by atoms with Crippen LogP contribution < -0.4 is 0 Å². The van der Waals surface area contributed by atoms with Crippen molar-refractivity contribution in [2.45, 2.75) is 24.7 Å². The van der Waals surface area contributed by atoms with Crippen molar-refractivity contribution in [2.75, 3.05) is 7.05 Å². The number of nitrogens with zero attached hydrogens (tertiary/aromatic N) is 1. The van der Waals surface area contributed by atoms with E-state index >= 15 is 0 Å². The molecule has 1 amide bonds. The number of alkyl halides is 1. The Balaban J connectivity index is 2.71. The van der Waals surface area contributed by atoms with E-state index < -0.39 is 0 Å². The molecule has 5 heteroatoms. The largest absolute Gasteiger partial charge is 0.340 e. The lowest BCUT2D eigenvalue weighted by Crippen LogP contribution is -2.32. The van der Waals surface area contributed by atoms with Gasteiger partial charge in [0.1, 0.15) is 0 Å². The Morgan fingerprint density at radius 3 is 2.59 bits per heavy atom. The van der Waals surface area contributed by atoms with Crippen LogP contribution in [0.3, 0.4) is 0 Å². The molecule has 1 aromatic carbocycles. The first-order valence-corrected chi connectivity index (χ1v) is 6.95. The Morgan fingerprint density at radius 2 is 2.06 bits per heavy atom. The predicted octanol–water partition coefficient (Wildman–Crippen LogP) is 4.13. The Bertz CT molecular complexity index is 411. The smallest absolute Gasteiger partial charge is 0.236 e. The molecular weight excluding hydrogens is 325 g/mol. The minimum Gasteiger partial charge on any atom is -0.340 e. The molecule has 1 unspecified atom stereocenters. The van der Waals surface area contributed by atoms with Gasteiger partial charge in [-0.15, -0.1) is 0 Å². The third kappa shape index (κ3) is 4.16. The van der Waals surface area contributed by atoms with Gasteiger partial charge in [-0.2, -0.15) is 0 Å². The maximum Gasteiger partial charge on any atom is 0.236 e. The van der Waals surface area contributed by atoms with Crippen LogP contribution in [0.1, 0.15) is 18.9 Å². The first-order valence-electron chi connectivity index (χ1n) is 5.28. The zero-order chi connectivity index (χ0) is 13.0. The molecule has 0 saturated carbocycles. The highest BCUT2D eigenvalue weighted by Gasteiger charge is 2.17. The first kappa shape index (κ1) is 14.8. The summed E-state index contributed by atoms with van der Waals surface area (Å²) in [7, 11) is 1.77. The molecule has 2 nitrogen and oxygen atoms in total. The molecule has 0 bridgehead atoms. The lowest BCUT2D eigenvalue weighted by molar-refractivity contribution is -0.129. The minimum absolute atomic E-state index is 0.0681. The lowest BCUT2D eigenvalue weighted by Gasteiger charge is -2.20. The maximum atomic E-state index is 11.9. The van der Waals surface area contributed by atoms with E-state index in [0.29, 0.717) is 16.6 Å². The normalized spacial score (nSPS) is 12.3. The number of carbonyl (C=O) groups is 1. The fourth-order valence-corrected chi connectivity index (χ4v) is 2.07. The van der Waals surface area contributed by atoms with Crippen molar-refractivity contribution >= 4 is 45.0 Å². The number of halogens is 3. The highest BCUT2D eigenvalue weighted by Crippen LogP contribution is 2.23. The van der Waals surface area contributed by atoms with Gasteiger partial charge in [0, 0.05) is 13.6 Å². The van der Waals surface area contributed by atoms with Gasteiger partial charge < -0.3 is 4.90 Å². The molecule has 0 aliphatic carbocycles. The highest BCUT2D eigenvalue weighted by molar-refractivity contribution is 9.10. The number of benzene rings is 1. The monoisotopic (exact) mass is 337 g/mol. The second-order valence-electron chi connectivity index (χ2n) is 3.82. The van der Waals surface area contributed by atoms with E-state index in [0.717, 1.165) is 12.0 Å². The number of hydrogen-bond donors (Lipinski definition) is 0. The van der Waals surface area contributed by atoms with Gasteiger partial charge in [-0.25, -0.2) is 0 Å². The Hall–Kier alpha value is -0.250. The maximum absolute atomic E-state index is 11.9. The van der Waals surface area contributed by atoms with Crippen molar-refractivity contribution in [3.05, 3.63) is 33.8 Å². The molecule has 0 aromatic heterocycles. The fourth-order valence-electron chi connectivity index (χ4n) is 1.40. The summed E-state index contributed by atoms with van der Waals surface area (Å²) in [6.07, 6.45) is 0.768. The van der Waals surface area contributed by atoms with Gasteiger partial charge in [0.05, 0.1) is 14.9 Å². The SMILES string of the molecule is CCC(Br)C(=O)N(C)Cc1ccc(Cl)c(Cl)c1. The summed E-state index contributed by atoms with van der Waals surface area (Å²) < 4.78 is 0. The zero-order valence-corrected chi connectivity index (χ0v) is 12.8. The van der Waals surface area contributed by atoms with Crippen LogP contribution >= 0.6 is 39.1 Å². The zero-order valence-electron chi connectivity index (χ0n) is 9.71. The molecule has 0 N–H and O–H groups in total. The Morgan fingerprint density at radius 1 is 1.41 bits per heavy atom. The van der Waals surface area contributed by atoms with E-state index in [1.54, 1.807) is 24.1 Å². The molecule has 1 aromatic rings. The summed E-state index contributed by atoms with van der Waals surface area (Å²) >= 11 is 15.1. The predicted molar refractivity (Wildman–Crippen MR) is 75.9 cm³/mol. The molecule has 17 heavy (non-hydrogen) atoms. The number of rotatable bonds is 4. The molecule has 0 fully saturated rings. The highest BCUT2D eigenvalue weighted by atomic mass is 79.9. The third-order valence-electron chi connectivity index (χ3n) is 2.41. The molecule has 0 aliphatic heterocycles. The van der Waals surface area contributed by atoms with Crippen LogP contribution in [0.5, 0.6) is 0 Å². The van der Waals surface area contributed by atoms with E-state index in [2.05, 4.69) is 15.9 Å². The Labute approximate surface area is 120 Å². The molecule has 0 heterocycles. The van der Waals surface area contributed by atoms with Crippen LogP contribution in [0, 0.1) is 0 Å². The van der Waals surface area contributed by atoms with Crippen molar-refractivity contribution in [1.82, 2.24) is 4.90 Å². The van der Waals surface area contributed by atoms with Gasteiger partial charge in [0.15, 0.2) is 0 Å². The van der Waals surface area contributed by atoms with Gasteiger partial charge in [-0.1, -0.05) is 52.1 Å². The van der Waals surface area contributed by atoms with E-state index in [4.69, 9.17) is 23.2 Å². The second kappa shape index (κ2) is 6.62. The topological polar surface area (TPSA) is 20.3 Å². The van der Waals surface area contributed by atoms with Gasteiger partial charge in [0.25, 0.3) is 0 Å². The van der Waals surface area contributed by atoms with Gasteiger partial charge in [0.2, 0.25) is 5.91 Å². The molecule has 94 valence electrons. The summed E-state index contributed by atoms with van der Waals surface area (Å²) in [6, 6.07) is 5.39. The molecule has 0 saturated heterocycles. The summed E-state index contributed by atoms with van der Waals surface area (Å²) in [4.78, 5) is 13.4. The van der Waals surface area contributed by atoms with Gasteiger partial charge in [-0.3, -0.25) is 4.79 Å². The van der Waals surface area contributed by atoms with Crippen molar-refractivity contribution < 1.29 is 4.79 Å². The number of hydrogen-bond acceptors (Lipinski definition) is 1. The molecule has 0 spiro atoms. The van der Waals surface area contributed by atoms with Crippen LogP contribution in [0.2, 0.25) is 10.0 Å². The average Bonchev–Trinajstić information content (AvgIpc) is 2.31. The summed E-state index contributed by atoms with van der Waals surface area (Å²) in [5, 5.41) is 1.03. The quantitative estimate of drug-likeness (QED) is 0.756. The lowest BCUT2D eigenvalue weighted by atomic mass is 10.2. The second-order valence-corrected chi connectivity index (χ2v) is 5.74. The van der Waals surface area contributed by atoms with E-state index in [1.165, 1.54) is 0 Å². The molecule has 1 atom stereocenters. The summed E-state index contributed by atoms with van der Waals surface area (Å²) in [5.74, 6) is 0.0681. The fraction of sp³-hybridized carbons (Fsp3) is 0.417. The van der Waals surface area contributed by atoms with Crippen LogP contribution in [0.4, 0.5) is 0 Å². The van der Waals surface area contributed by atoms with Crippen LogP contribution in [-0.2, 0) is 11.3 Å². The van der Waals surface area contributed by atoms with Crippen molar-refractivity contribution in [1.29, 1.82) is 0 Å². The van der Waals surface area contributed by atoms with Gasteiger partial charge in [-0.05, 0) is 24.1 Å². The average molecular weight is 339 g/mol. The summed E-state index contributed by atoms with van der Waals surface area (Å²) in [6.45, 7) is 2.49. The molecule has 0 radical (unpaired) electrons. The third-order valence-corrected chi connectivity index (χ3v) is 4.18. The number of amides is 1. The van der Waals surface area contributed by atoms with Crippen LogP contribution in [-0.4, -0.2) is 22.7 Å². The number of carbonyl (C=O) groups excluding carboxylic acids is 1. The summed E-state index contributed by atoms with van der Waals surface area (Å²) in [5.41, 5.74) is 0.964. The van der Waals surface area contributed by atoms with Crippen molar-refractivity contribution in [3.63, 3.8) is 0 Å². The van der Waals surface area contributed by atoms with Crippen LogP contribution in [0.25, 0.3) is 0 Å². The van der Waals surface area contributed by atoms with Crippen molar-refractivity contribution in [2.24, 2.45) is 0 Å². The van der Waals surface area contributed by atoms with E-state index in [1.807, 2.05) is 13.0 Å². The standard InChI is InChI=1S/C12H14BrCl2NO/c1-3-9(13)12(17)16(2)7-8-4-5-10(14)11(15)6-8/h4-6,9H,3,7H2,1-2H3. The van der Waals surface area contributed by atoms with E-state index in [9.17, 15) is 4.79 Å². The minimum atomic E-state index is -0.129. The van der Waals surface area contributed by atoms with Crippen molar-refractivity contribution in [3.8, 4) is 0 Å².